The fourth-order valence-corrected chi connectivity index (χ4v) is 5.79. The molecule has 192 valence electrons. The number of carbonyl (C=O) groups excluding carboxylic acids is 1. The topological polar surface area (TPSA) is 79.8 Å². The lowest BCUT2D eigenvalue weighted by Crippen LogP contribution is -2.47. The highest BCUT2D eigenvalue weighted by Gasteiger charge is 2.26. The monoisotopic (exact) mass is 541 g/mol. The Morgan fingerprint density at radius 3 is 2.46 bits per heavy atom. The van der Waals surface area contributed by atoms with Gasteiger partial charge in [0.1, 0.15) is 34.3 Å². The number of hydrogen-bond donors (Lipinski definition) is 1. The summed E-state index contributed by atoms with van der Waals surface area (Å²) in [6, 6.07) is 10.0. The van der Waals surface area contributed by atoms with Gasteiger partial charge in [-0.3, -0.25) is 4.79 Å². The van der Waals surface area contributed by atoms with E-state index in [-0.39, 0.29) is 11.7 Å². The Labute approximate surface area is 222 Å². The maximum Gasteiger partial charge on any atom is 0.266 e. The average Bonchev–Trinajstić information content (AvgIpc) is 3.26. The predicted molar refractivity (Wildman–Crippen MR) is 145 cm³/mol. The Balaban J connectivity index is 1.40. The highest BCUT2D eigenvalue weighted by molar-refractivity contribution is 7.20. The zero-order chi connectivity index (χ0) is 26.1. The molecule has 1 fully saturated rings. The predicted octanol–water partition coefficient (Wildman–Crippen LogP) is 5.39. The van der Waals surface area contributed by atoms with E-state index in [1.165, 1.54) is 38.0 Å². The van der Waals surface area contributed by atoms with Crippen LogP contribution in [0.25, 0.3) is 10.2 Å². The molecule has 5 rings (SSSR count). The lowest BCUT2D eigenvalue weighted by molar-refractivity contribution is 0.102. The van der Waals surface area contributed by atoms with Gasteiger partial charge in [-0.1, -0.05) is 23.7 Å². The van der Waals surface area contributed by atoms with Gasteiger partial charge in [-0.2, -0.15) is 0 Å². The summed E-state index contributed by atoms with van der Waals surface area (Å²) in [7, 11) is 3.02. The van der Waals surface area contributed by atoms with Gasteiger partial charge >= 0.3 is 0 Å². The number of aryl methyl sites for hydroxylation is 1. The maximum atomic E-state index is 14.3. The van der Waals surface area contributed by atoms with Crippen LogP contribution in [0.1, 0.15) is 15.2 Å². The number of thiophene rings is 1. The van der Waals surface area contributed by atoms with Crippen molar-refractivity contribution in [1.82, 2.24) is 9.97 Å². The van der Waals surface area contributed by atoms with E-state index < -0.39 is 0 Å². The number of aromatic nitrogens is 2. The SMILES string of the molecule is COc1cc(OC)c(NC(=O)c2sc3ncnc(N4CCN(c5ccccc5F)CC4)c3c2C)cc1Cl. The average molecular weight is 542 g/mol. The summed E-state index contributed by atoms with van der Waals surface area (Å²) in [5, 5.41) is 4.10. The molecule has 0 bridgehead atoms. The second-order valence-electron chi connectivity index (χ2n) is 8.50. The second kappa shape index (κ2) is 10.4. The molecule has 0 unspecified atom stereocenters. The van der Waals surface area contributed by atoms with E-state index in [9.17, 15) is 9.18 Å². The molecule has 11 heteroatoms. The fourth-order valence-electron chi connectivity index (χ4n) is 4.51. The zero-order valence-corrected chi connectivity index (χ0v) is 22.1. The molecule has 4 aromatic rings. The third kappa shape index (κ3) is 4.74. The van der Waals surface area contributed by atoms with Crippen LogP contribution in [0, 0.1) is 12.7 Å². The minimum atomic E-state index is -0.296. The van der Waals surface area contributed by atoms with Crippen LogP contribution >= 0.6 is 22.9 Å². The number of benzene rings is 2. The Morgan fingerprint density at radius 1 is 1.05 bits per heavy atom. The van der Waals surface area contributed by atoms with Crippen molar-refractivity contribution < 1.29 is 18.7 Å². The van der Waals surface area contributed by atoms with Gasteiger partial charge in [0, 0.05) is 32.2 Å². The Hall–Kier alpha value is -3.63. The summed E-state index contributed by atoms with van der Waals surface area (Å²) < 4.78 is 24.9. The van der Waals surface area contributed by atoms with Crippen LogP contribution < -0.4 is 24.6 Å². The van der Waals surface area contributed by atoms with Crippen molar-refractivity contribution >= 4 is 56.3 Å². The Bertz CT molecular complexity index is 1470. The zero-order valence-electron chi connectivity index (χ0n) is 20.5. The number of anilines is 3. The van der Waals surface area contributed by atoms with E-state index in [0.29, 0.717) is 59.0 Å². The number of amides is 1. The molecule has 0 saturated carbocycles. The van der Waals surface area contributed by atoms with Crippen molar-refractivity contribution in [1.29, 1.82) is 0 Å². The van der Waals surface area contributed by atoms with Crippen molar-refractivity contribution in [3.05, 3.63) is 64.0 Å². The van der Waals surface area contributed by atoms with Gasteiger partial charge in [0.25, 0.3) is 5.91 Å². The van der Waals surface area contributed by atoms with Crippen LogP contribution in [0.3, 0.4) is 0 Å². The number of fused-ring (bicyclic) bond motifs is 1. The van der Waals surface area contributed by atoms with Crippen LogP contribution in [0.2, 0.25) is 5.02 Å². The van der Waals surface area contributed by atoms with Crippen LogP contribution in [-0.2, 0) is 0 Å². The number of nitrogens with zero attached hydrogens (tertiary/aromatic N) is 4. The van der Waals surface area contributed by atoms with E-state index in [0.717, 1.165) is 21.6 Å². The van der Waals surface area contributed by atoms with Crippen LogP contribution in [0.4, 0.5) is 21.6 Å². The molecule has 2 aromatic carbocycles. The number of methoxy groups -OCH3 is 2. The molecule has 3 heterocycles. The third-order valence-electron chi connectivity index (χ3n) is 6.41. The first-order valence-corrected chi connectivity index (χ1v) is 12.8. The molecule has 1 amide bonds. The minimum absolute atomic E-state index is 0.223. The largest absolute Gasteiger partial charge is 0.495 e. The Kier molecular flexibility index (Phi) is 7.03. The smallest absolute Gasteiger partial charge is 0.266 e. The quantitative estimate of drug-likeness (QED) is 0.350. The standard InChI is InChI=1S/C26H25ClFN5O3S/c1-15-22-24(33-10-8-32(9-11-33)19-7-5-4-6-17(19)28)29-14-30-26(22)37-23(15)25(34)31-18-12-16(27)20(35-2)13-21(18)36-3/h4-7,12-14H,8-11H2,1-3H3,(H,31,34). The summed E-state index contributed by atoms with van der Waals surface area (Å²) in [6.07, 6.45) is 1.52. The molecule has 0 radical (unpaired) electrons. The minimum Gasteiger partial charge on any atom is -0.495 e. The fraction of sp³-hybridized carbons (Fsp3) is 0.269. The van der Waals surface area contributed by atoms with Crippen LogP contribution in [-0.4, -0.2) is 56.3 Å². The van der Waals surface area contributed by atoms with Crippen molar-refractivity contribution in [2.75, 3.05) is 55.5 Å². The van der Waals surface area contributed by atoms with Crippen LogP contribution in [0.15, 0.2) is 42.7 Å². The van der Waals surface area contributed by atoms with E-state index in [4.69, 9.17) is 21.1 Å². The van der Waals surface area contributed by atoms with E-state index in [1.54, 1.807) is 24.3 Å². The van der Waals surface area contributed by atoms with Gasteiger partial charge in [-0.25, -0.2) is 14.4 Å². The van der Waals surface area contributed by atoms with Gasteiger partial charge < -0.3 is 24.6 Å². The van der Waals surface area contributed by atoms with E-state index >= 15 is 0 Å². The van der Waals surface area contributed by atoms with Crippen molar-refractivity contribution in [2.45, 2.75) is 6.92 Å². The summed E-state index contributed by atoms with van der Waals surface area (Å²) >= 11 is 7.58. The molecular formula is C26H25ClFN5O3S. The molecule has 1 saturated heterocycles. The molecule has 0 aliphatic carbocycles. The van der Waals surface area contributed by atoms with Gasteiger partial charge in [0.05, 0.1) is 40.9 Å². The van der Waals surface area contributed by atoms with Crippen LogP contribution in [0.5, 0.6) is 11.5 Å². The van der Waals surface area contributed by atoms with Crippen molar-refractivity contribution in [3.8, 4) is 11.5 Å². The van der Waals surface area contributed by atoms with Crippen molar-refractivity contribution in [3.63, 3.8) is 0 Å². The number of piperazine rings is 1. The summed E-state index contributed by atoms with van der Waals surface area (Å²) in [4.78, 5) is 27.8. The van der Waals surface area contributed by atoms with Crippen molar-refractivity contribution in [2.24, 2.45) is 0 Å². The first kappa shape index (κ1) is 25.0. The summed E-state index contributed by atoms with van der Waals surface area (Å²) in [5.41, 5.74) is 1.84. The summed E-state index contributed by atoms with van der Waals surface area (Å²) in [6.45, 7) is 4.54. The van der Waals surface area contributed by atoms with Gasteiger partial charge in [0.2, 0.25) is 0 Å². The first-order valence-electron chi connectivity index (χ1n) is 11.6. The van der Waals surface area contributed by atoms with E-state index in [2.05, 4.69) is 20.2 Å². The lowest BCUT2D eigenvalue weighted by atomic mass is 10.1. The molecule has 1 aliphatic heterocycles. The molecule has 1 aliphatic rings. The van der Waals surface area contributed by atoms with E-state index in [1.807, 2.05) is 17.9 Å². The number of nitrogens with one attached hydrogen (secondary N) is 1. The molecule has 1 N–H and O–H groups in total. The number of para-hydroxylation sites is 1. The molecule has 0 atom stereocenters. The molecule has 2 aromatic heterocycles. The highest BCUT2D eigenvalue weighted by Crippen LogP contribution is 2.39. The third-order valence-corrected chi connectivity index (χ3v) is 7.90. The second-order valence-corrected chi connectivity index (χ2v) is 9.91. The normalized spacial score (nSPS) is 13.6. The number of rotatable bonds is 6. The molecule has 8 nitrogen and oxygen atoms in total. The highest BCUT2D eigenvalue weighted by atomic mass is 35.5. The number of ether oxygens (including phenoxy) is 2. The molecular weight excluding hydrogens is 517 g/mol. The van der Waals surface area contributed by atoms with Gasteiger partial charge in [-0.15, -0.1) is 11.3 Å². The summed E-state index contributed by atoms with van der Waals surface area (Å²) in [5.74, 6) is 1.14. The number of hydrogen-bond acceptors (Lipinski definition) is 8. The Morgan fingerprint density at radius 2 is 1.76 bits per heavy atom. The molecule has 0 spiro atoms. The number of carbonyl (C=O) groups is 1. The first-order chi connectivity index (χ1) is 17.9. The maximum absolute atomic E-state index is 14.3. The number of halogens is 2. The lowest BCUT2D eigenvalue weighted by Gasteiger charge is -2.37. The van der Waals surface area contributed by atoms with Gasteiger partial charge in [-0.05, 0) is 30.7 Å². The molecule has 37 heavy (non-hydrogen) atoms. The van der Waals surface area contributed by atoms with Gasteiger partial charge in [0.15, 0.2) is 0 Å².